The Kier molecular flexibility index (Phi) is 4.12. The van der Waals surface area contributed by atoms with E-state index in [2.05, 4.69) is 5.32 Å². The Morgan fingerprint density at radius 3 is 2.60 bits per heavy atom. The summed E-state index contributed by atoms with van der Waals surface area (Å²) >= 11 is 0. The molecule has 0 saturated heterocycles. The Morgan fingerprint density at radius 1 is 1.47 bits per heavy atom. The zero-order chi connectivity index (χ0) is 11.3. The molecule has 15 heavy (non-hydrogen) atoms. The highest BCUT2D eigenvalue weighted by atomic mass is 16.3. The first-order valence-electron chi connectivity index (χ1n) is 4.88. The van der Waals surface area contributed by atoms with Crippen molar-refractivity contribution < 1.29 is 9.90 Å². The van der Waals surface area contributed by atoms with Crippen LogP contribution in [0.25, 0.3) is 0 Å². The summed E-state index contributed by atoms with van der Waals surface area (Å²) in [5.41, 5.74) is 6.72. The monoisotopic (exact) mass is 208 g/mol. The number of nitrogen functional groups attached to an aromatic ring is 1. The van der Waals surface area contributed by atoms with Gasteiger partial charge in [-0.05, 0) is 30.2 Å². The molecule has 4 N–H and O–H groups in total. The van der Waals surface area contributed by atoms with Crippen LogP contribution in [0.5, 0.6) is 0 Å². The number of hydrogen-bond donors (Lipinski definition) is 3. The molecule has 0 heterocycles. The molecule has 0 aliphatic carbocycles. The van der Waals surface area contributed by atoms with Crippen LogP contribution < -0.4 is 11.1 Å². The summed E-state index contributed by atoms with van der Waals surface area (Å²) in [4.78, 5) is 11.5. The number of nitrogens with one attached hydrogen (secondary N) is 1. The maximum atomic E-state index is 11.5. The second-order valence-corrected chi connectivity index (χ2v) is 3.62. The van der Waals surface area contributed by atoms with E-state index in [4.69, 9.17) is 10.8 Å². The van der Waals surface area contributed by atoms with Crippen molar-refractivity contribution in [3.05, 3.63) is 29.8 Å². The number of aliphatic hydroxyl groups excluding tert-OH is 1. The lowest BCUT2D eigenvalue weighted by atomic mass is 10.1. The van der Waals surface area contributed by atoms with Crippen molar-refractivity contribution in [3.8, 4) is 0 Å². The molecule has 4 nitrogen and oxygen atoms in total. The molecule has 0 saturated carbocycles. The van der Waals surface area contributed by atoms with Gasteiger partial charge in [0.05, 0.1) is 0 Å². The molecule has 0 bridgehead atoms. The van der Waals surface area contributed by atoms with Gasteiger partial charge in [-0.25, -0.2) is 0 Å². The van der Waals surface area contributed by atoms with E-state index in [0.717, 1.165) is 0 Å². The second-order valence-electron chi connectivity index (χ2n) is 3.62. The minimum atomic E-state index is -0.143. The SMILES string of the molecule is CC(CO)CNC(=O)c1ccc(N)cc1. The van der Waals surface area contributed by atoms with E-state index in [0.29, 0.717) is 17.8 Å². The van der Waals surface area contributed by atoms with Gasteiger partial charge in [0, 0.05) is 24.4 Å². The van der Waals surface area contributed by atoms with Gasteiger partial charge in [-0.1, -0.05) is 6.92 Å². The summed E-state index contributed by atoms with van der Waals surface area (Å²) in [5, 5.41) is 11.5. The average Bonchev–Trinajstić information content (AvgIpc) is 2.26. The molecule has 4 heteroatoms. The van der Waals surface area contributed by atoms with Crippen LogP contribution in [-0.2, 0) is 0 Å². The number of anilines is 1. The zero-order valence-electron chi connectivity index (χ0n) is 8.73. The lowest BCUT2D eigenvalue weighted by Crippen LogP contribution is -2.29. The van der Waals surface area contributed by atoms with Crippen molar-refractivity contribution in [2.45, 2.75) is 6.92 Å². The van der Waals surface area contributed by atoms with Crippen LogP contribution in [0.1, 0.15) is 17.3 Å². The fourth-order valence-electron chi connectivity index (χ4n) is 1.07. The zero-order valence-corrected chi connectivity index (χ0v) is 8.73. The van der Waals surface area contributed by atoms with E-state index in [1.807, 2.05) is 6.92 Å². The highest BCUT2D eigenvalue weighted by Gasteiger charge is 2.06. The van der Waals surface area contributed by atoms with E-state index in [9.17, 15) is 4.79 Å². The fraction of sp³-hybridized carbons (Fsp3) is 0.364. The van der Waals surface area contributed by atoms with Crippen LogP contribution in [0.4, 0.5) is 5.69 Å². The van der Waals surface area contributed by atoms with E-state index >= 15 is 0 Å². The van der Waals surface area contributed by atoms with Crippen molar-refractivity contribution >= 4 is 11.6 Å². The number of nitrogens with two attached hydrogens (primary N) is 1. The highest BCUT2D eigenvalue weighted by Crippen LogP contribution is 2.05. The molecule has 0 aliphatic heterocycles. The molecule has 0 aliphatic rings. The second kappa shape index (κ2) is 5.36. The predicted molar refractivity (Wildman–Crippen MR) is 59.4 cm³/mol. The highest BCUT2D eigenvalue weighted by molar-refractivity contribution is 5.94. The first-order valence-corrected chi connectivity index (χ1v) is 4.88. The van der Waals surface area contributed by atoms with Crippen molar-refractivity contribution in [3.63, 3.8) is 0 Å². The molecule has 1 unspecified atom stereocenters. The Labute approximate surface area is 89.1 Å². The first-order chi connectivity index (χ1) is 7.13. The summed E-state index contributed by atoms with van der Waals surface area (Å²) in [7, 11) is 0. The maximum absolute atomic E-state index is 11.5. The van der Waals surface area contributed by atoms with Crippen molar-refractivity contribution in [1.82, 2.24) is 5.32 Å². The number of amides is 1. The third-order valence-electron chi connectivity index (χ3n) is 2.10. The van der Waals surface area contributed by atoms with Gasteiger partial charge in [0.15, 0.2) is 0 Å². The van der Waals surface area contributed by atoms with Crippen LogP contribution in [0.15, 0.2) is 24.3 Å². The molecule has 1 amide bonds. The van der Waals surface area contributed by atoms with Gasteiger partial charge in [-0.15, -0.1) is 0 Å². The first kappa shape index (κ1) is 11.5. The molecular weight excluding hydrogens is 192 g/mol. The Bertz CT molecular complexity index is 322. The normalized spacial score (nSPS) is 12.1. The van der Waals surface area contributed by atoms with Gasteiger partial charge >= 0.3 is 0 Å². The van der Waals surface area contributed by atoms with Crippen molar-refractivity contribution in [2.24, 2.45) is 5.92 Å². The van der Waals surface area contributed by atoms with Crippen LogP contribution >= 0.6 is 0 Å². The summed E-state index contributed by atoms with van der Waals surface area (Å²) in [6.45, 7) is 2.41. The standard InChI is InChI=1S/C11H16N2O2/c1-8(7-14)6-13-11(15)9-2-4-10(12)5-3-9/h2-5,8,14H,6-7,12H2,1H3,(H,13,15). The summed E-state index contributed by atoms with van der Waals surface area (Å²) in [6.07, 6.45) is 0. The lowest BCUT2D eigenvalue weighted by Gasteiger charge is -2.09. The van der Waals surface area contributed by atoms with Crippen molar-refractivity contribution in [1.29, 1.82) is 0 Å². The van der Waals surface area contributed by atoms with Gasteiger partial charge < -0.3 is 16.2 Å². The number of benzene rings is 1. The van der Waals surface area contributed by atoms with Gasteiger partial charge in [0.25, 0.3) is 5.91 Å². The van der Waals surface area contributed by atoms with Gasteiger partial charge in [-0.3, -0.25) is 4.79 Å². The fourth-order valence-corrected chi connectivity index (χ4v) is 1.07. The molecule has 0 radical (unpaired) electrons. The Balaban J connectivity index is 2.50. The molecule has 0 aromatic heterocycles. The van der Waals surface area contributed by atoms with Crippen molar-refractivity contribution in [2.75, 3.05) is 18.9 Å². The minimum absolute atomic E-state index is 0.0714. The molecule has 1 atom stereocenters. The van der Waals surface area contributed by atoms with Gasteiger partial charge in [0.1, 0.15) is 0 Å². The predicted octanol–water partition coefficient (Wildman–Crippen LogP) is 0.627. The molecule has 1 rings (SSSR count). The van der Waals surface area contributed by atoms with Crippen LogP contribution in [0.2, 0.25) is 0 Å². The molecule has 0 spiro atoms. The third kappa shape index (κ3) is 3.59. The number of aliphatic hydroxyl groups is 1. The van der Waals surface area contributed by atoms with Gasteiger partial charge in [0.2, 0.25) is 0 Å². The van der Waals surface area contributed by atoms with E-state index in [-0.39, 0.29) is 18.4 Å². The topological polar surface area (TPSA) is 75.3 Å². The van der Waals surface area contributed by atoms with E-state index < -0.39 is 0 Å². The quantitative estimate of drug-likeness (QED) is 0.635. The average molecular weight is 208 g/mol. The number of carbonyl (C=O) groups excluding carboxylic acids is 1. The number of rotatable bonds is 4. The minimum Gasteiger partial charge on any atom is -0.399 e. The third-order valence-corrected chi connectivity index (χ3v) is 2.10. The van der Waals surface area contributed by atoms with Gasteiger partial charge in [-0.2, -0.15) is 0 Å². The molecule has 82 valence electrons. The van der Waals surface area contributed by atoms with Crippen LogP contribution in [0.3, 0.4) is 0 Å². The summed E-state index contributed by atoms with van der Waals surface area (Å²) in [6, 6.07) is 6.72. The number of carbonyl (C=O) groups is 1. The van der Waals surface area contributed by atoms with E-state index in [1.165, 1.54) is 0 Å². The molecule has 1 aromatic rings. The molecule has 0 fully saturated rings. The Hall–Kier alpha value is -1.55. The van der Waals surface area contributed by atoms with Crippen LogP contribution in [0, 0.1) is 5.92 Å². The van der Waals surface area contributed by atoms with Crippen LogP contribution in [-0.4, -0.2) is 24.2 Å². The Morgan fingerprint density at radius 2 is 2.07 bits per heavy atom. The smallest absolute Gasteiger partial charge is 0.251 e. The molecule has 1 aromatic carbocycles. The largest absolute Gasteiger partial charge is 0.399 e. The van der Waals surface area contributed by atoms with E-state index in [1.54, 1.807) is 24.3 Å². The summed E-state index contributed by atoms with van der Waals surface area (Å²) < 4.78 is 0. The molecular formula is C11H16N2O2. The lowest BCUT2D eigenvalue weighted by molar-refractivity contribution is 0.0942. The maximum Gasteiger partial charge on any atom is 0.251 e. The number of hydrogen-bond acceptors (Lipinski definition) is 3. The summed E-state index contributed by atoms with van der Waals surface area (Å²) in [5.74, 6) is -0.0713.